The van der Waals surface area contributed by atoms with Crippen LogP contribution in [0.15, 0.2) is 449 Å². The zero-order valence-corrected chi connectivity index (χ0v) is 67.7. The highest BCUT2D eigenvalue weighted by molar-refractivity contribution is 7.06. The fourth-order valence-electron chi connectivity index (χ4n) is 21.0. The van der Waals surface area contributed by atoms with Gasteiger partial charge in [-0.05, 0) is 159 Å². The molecule has 0 saturated carbocycles. The molecule has 0 amide bonds. The van der Waals surface area contributed by atoms with Gasteiger partial charge in [0.05, 0.1) is 5.69 Å². The Hall–Kier alpha value is -15.5. The summed E-state index contributed by atoms with van der Waals surface area (Å²) in [5.41, 5.74) is 34.4. The molecule has 0 unspecified atom stereocenters. The van der Waals surface area contributed by atoms with Crippen molar-refractivity contribution in [3.8, 4) is 124 Å². The fraction of sp³-hybridized carbons (Fsp3) is 0. The molecule has 5 aliphatic rings. The van der Waals surface area contributed by atoms with E-state index in [2.05, 4.69) is 454 Å². The van der Waals surface area contributed by atoms with Gasteiger partial charge in [0.2, 0.25) is 6.71 Å². The van der Waals surface area contributed by atoms with Crippen molar-refractivity contribution in [1.29, 1.82) is 0 Å². The Bertz CT molecular complexity index is 7120. The summed E-state index contributed by atoms with van der Waals surface area (Å²) in [6.45, 7) is -1.84. The van der Waals surface area contributed by atoms with Crippen LogP contribution in [0.25, 0.3) is 77.9 Å². The zero-order chi connectivity index (χ0) is 81.7. The third-order valence-electron chi connectivity index (χ3n) is 26.1. The van der Waals surface area contributed by atoms with Gasteiger partial charge in [-0.1, -0.05) is 434 Å². The Kier molecular flexibility index (Phi) is 17.7. The highest BCUT2D eigenvalue weighted by Crippen LogP contribution is 2.48. The van der Waals surface area contributed by atoms with Crippen molar-refractivity contribution < 1.29 is 18.9 Å². The van der Waals surface area contributed by atoms with Gasteiger partial charge in [-0.25, -0.2) is 0 Å². The number of hydrogen-bond acceptors (Lipinski definition) is 5. The van der Waals surface area contributed by atoms with E-state index in [4.69, 9.17) is 18.9 Å². The van der Waals surface area contributed by atoms with Gasteiger partial charge in [0.1, 0.15) is 46.0 Å². The molecule has 5 aliphatic heterocycles. The van der Waals surface area contributed by atoms with Gasteiger partial charge in [0.25, 0.3) is 26.9 Å². The van der Waals surface area contributed by atoms with Gasteiger partial charge in [0, 0.05) is 27.8 Å². The molecular formula is C114H74B5NO4. The molecule has 0 atom stereocenters. The summed E-state index contributed by atoms with van der Waals surface area (Å²) >= 11 is 0. The molecule has 0 aromatic heterocycles. The topological polar surface area (TPSA) is 40.2 Å². The van der Waals surface area contributed by atoms with Gasteiger partial charge in [-0.2, -0.15) is 0 Å². The van der Waals surface area contributed by atoms with Crippen LogP contribution in [0.3, 0.4) is 0 Å². The highest BCUT2D eigenvalue weighted by Gasteiger charge is 2.52. The number of anilines is 3. The van der Waals surface area contributed by atoms with Crippen LogP contribution >= 0.6 is 0 Å². The number of nitrogens with zero attached hydrogens (tertiary/aromatic N) is 1. The predicted octanol–water partition coefficient (Wildman–Crippen LogP) is 18.1. The lowest BCUT2D eigenvalue weighted by Crippen LogP contribution is -2.66. The molecule has 5 heterocycles. The van der Waals surface area contributed by atoms with Gasteiger partial charge >= 0.3 is 0 Å². The van der Waals surface area contributed by atoms with Gasteiger partial charge < -0.3 is 23.8 Å². The molecule has 0 N–H and O–H groups in total. The van der Waals surface area contributed by atoms with Crippen molar-refractivity contribution >= 4 is 133 Å². The van der Waals surface area contributed by atoms with Crippen LogP contribution in [0.5, 0.6) is 46.0 Å². The van der Waals surface area contributed by atoms with E-state index in [1.54, 1.807) is 0 Å². The lowest BCUT2D eigenvalue weighted by Gasteiger charge is -2.41. The molecule has 0 radical (unpaired) electrons. The van der Waals surface area contributed by atoms with Gasteiger partial charge in [0.15, 0.2) is 0 Å². The molecule has 124 heavy (non-hydrogen) atoms. The summed E-state index contributed by atoms with van der Waals surface area (Å²) in [5.74, 6) is 6.02. The SMILES string of the molecule is c1ccc(B2c3ccccc3Oc3c2ccc2c3N(c3cccc(-c4ccccc4-c4cccc(-c5ccccc5)c4B4c5ccccc5Oc5c6c(c7c(c54)Oc4ccccc4B7c4c(-c5ccccc5)cccc4-c4ccccc4)Oc4ccccc4B6c4c(-c5ccccc5)cccc4-c4ccccc4)c3)c3ccccc3B2c2ccccc2)cc1. The van der Waals surface area contributed by atoms with E-state index in [1.807, 2.05) is 0 Å². The normalized spacial score (nSPS) is 12.8. The van der Waals surface area contributed by atoms with Crippen LogP contribution in [0, 0.1) is 0 Å². The highest BCUT2D eigenvalue weighted by atomic mass is 16.5. The van der Waals surface area contributed by atoms with E-state index in [1.165, 1.54) is 21.9 Å². The fourth-order valence-corrected chi connectivity index (χ4v) is 21.0. The van der Waals surface area contributed by atoms with Crippen molar-refractivity contribution in [3.63, 3.8) is 0 Å². The summed E-state index contributed by atoms with van der Waals surface area (Å²) in [7, 11) is 0. The maximum Gasteiger partial charge on any atom is 0.257 e. The first kappa shape index (κ1) is 72.5. The molecule has 5 nitrogen and oxygen atoms in total. The van der Waals surface area contributed by atoms with E-state index in [0.29, 0.717) is 17.2 Å². The van der Waals surface area contributed by atoms with Gasteiger partial charge in [-0.15, -0.1) is 0 Å². The summed E-state index contributed by atoms with van der Waals surface area (Å²) < 4.78 is 32.1. The minimum Gasteiger partial charge on any atom is -0.459 e. The molecule has 574 valence electrons. The number of hydrogen-bond donors (Lipinski definition) is 0. The maximum absolute atomic E-state index is 8.21. The molecule has 0 fully saturated rings. The molecule has 19 aromatic rings. The number of benzene rings is 19. The van der Waals surface area contributed by atoms with E-state index >= 15 is 0 Å². The minimum absolute atomic E-state index is 0.0896. The second-order valence-electron chi connectivity index (χ2n) is 32.8. The van der Waals surface area contributed by atoms with Crippen LogP contribution in [0.1, 0.15) is 0 Å². The second-order valence-corrected chi connectivity index (χ2v) is 32.8. The average Bonchev–Trinajstić information content (AvgIpc) is 0.681. The summed E-state index contributed by atoms with van der Waals surface area (Å²) in [6.07, 6.45) is 0. The Morgan fingerprint density at radius 2 is 0.452 bits per heavy atom. The van der Waals surface area contributed by atoms with Crippen LogP contribution < -0.4 is 106 Å². The third-order valence-corrected chi connectivity index (χ3v) is 26.1. The quantitative estimate of drug-likeness (QED) is 0.108. The molecule has 10 heteroatoms. The first-order chi connectivity index (χ1) is 61.6. The minimum atomic E-state index is -0.598. The summed E-state index contributed by atoms with van der Waals surface area (Å²) in [4.78, 5) is 2.50. The predicted molar refractivity (Wildman–Crippen MR) is 521 cm³/mol. The molecule has 0 spiro atoms. The zero-order valence-electron chi connectivity index (χ0n) is 67.7. The van der Waals surface area contributed by atoms with Crippen LogP contribution in [0.2, 0.25) is 0 Å². The second kappa shape index (κ2) is 30.3. The lowest BCUT2D eigenvalue weighted by atomic mass is 9.27. The molecule has 19 aromatic carbocycles. The standard InChI is InChI=1S/C114H74B5NO4/c1-8-38-75(39-9-1)85-56-35-57-86(76-40-10-2-11-41-76)104(85)117-94-64-26-31-69-101(94)122-112-107-113(123-102-70-32-27-65-95(102)118(107)105-87(77-42-12-3-13-43-77)58-36-59-88(105)78-44-14-4-15-45-78)109-114(108(112)117)124-103-71-33-28-66-96(103)119(109)106-89(79-46-16-5-17-47-79)60-37-61-91(106)90-55-23-22-54-84(90)80-48-34-53-83(74-80)120-99-67-29-24-62-92(99)115(81-49-18-6-19-50-81)97-72-73-98-111(110(97)120)121-100-68-30-25-63-93(100)116(98)82-51-20-7-21-52-82/h1-74H. The van der Waals surface area contributed by atoms with E-state index in [9.17, 15) is 0 Å². The van der Waals surface area contributed by atoms with Crippen LogP contribution in [-0.4, -0.2) is 33.6 Å². The van der Waals surface area contributed by atoms with Crippen molar-refractivity contribution in [1.82, 2.24) is 0 Å². The van der Waals surface area contributed by atoms with Gasteiger partial charge in [-0.3, -0.25) is 0 Å². The van der Waals surface area contributed by atoms with Crippen molar-refractivity contribution in [2.24, 2.45) is 0 Å². The molecule has 0 saturated heterocycles. The molecule has 24 rings (SSSR count). The maximum atomic E-state index is 8.21. The Morgan fingerprint density at radius 1 is 0.169 bits per heavy atom. The molecule has 0 bridgehead atoms. The van der Waals surface area contributed by atoms with Crippen LogP contribution in [-0.2, 0) is 0 Å². The summed E-state index contributed by atoms with van der Waals surface area (Å²) in [6, 6.07) is 164. The lowest BCUT2D eigenvalue weighted by molar-refractivity contribution is 0.453. The molecule has 0 aliphatic carbocycles. The Labute approximate surface area is 724 Å². The van der Waals surface area contributed by atoms with E-state index in [0.717, 1.165) is 184 Å². The number of ether oxygens (including phenoxy) is 4. The smallest absolute Gasteiger partial charge is 0.257 e. The van der Waals surface area contributed by atoms with Crippen molar-refractivity contribution in [2.45, 2.75) is 0 Å². The average molecular weight is 1580 g/mol. The monoisotopic (exact) mass is 1580 g/mol. The Morgan fingerprint density at radius 3 is 0.863 bits per heavy atom. The van der Waals surface area contributed by atoms with Crippen molar-refractivity contribution in [3.05, 3.63) is 449 Å². The number of fused-ring (bicyclic) bond motifs is 14. The number of para-hydroxylation sites is 5. The first-order valence-corrected chi connectivity index (χ1v) is 42.9. The molecular weight excluding hydrogens is 1500 g/mol. The first-order valence-electron chi connectivity index (χ1n) is 42.9. The largest absolute Gasteiger partial charge is 0.459 e. The van der Waals surface area contributed by atoms with Crippen LogP contribution in [0.4, 0.5) is 17.1 Å². The number of rotatable bonds is 13. The Balaban J connectivity index is 0.792. The summed E-state index contributed by atoms with van der Waals surface area (Å²) in [5, 5.41) is 0. The van der Waals surface area contributed by atoms with E-state index in [-0.39, 0.29) is 13.4 Å². The third kappa shape index (κ3) is 11.9. The van der Waals surface area contributed by atoms with E-state index < -0.39 is 20.1 Å². The van der Waals surface area contributed by atoms with Crippen molar-refractivity contribution in [2.75, 3.05) is 4.90 Å².